The standard InChI is InChI=1S/C40H35FO2.C2H6.3H2/c1-4-7-9-31(5-2)36-27-37-33(10-8-11-34(37)26-32(36)6-3)19-16-28-12-14-29(15-13-28)24-38(42)40(22-23-40)39(43)25-30-17-20-35(41)21-18-30;1-2;;;/h4-6,8-21,26-27H,3,22-25H2,1-2H3;1-2H3;3*1H/b19-16?,31-5+;;;;. The van der Waals surface area contributed by atoms with Gasteiger partial charge in [-0.05, 0) is 113 Å². The maximum atomic E-state index is 13.2. The molecule has 4 aromatic rings. The van der Waals surface area contributed by atoms with Crippen molar-refractivity contribution in [3.8, 4) is 0 Å². The maximum absolute atomic E-state index is 13.2. The lowest BCUT2D eigenvalue weighted by molar-refractivity contribution is -0.133. The molecule has 2 nitrogen and oxygen atoms in total. The second kappa shape index (κ2) is 15.2. The van der Waals surface area contributed by atoms with Crippen LogP contribution in [0.15, 0.2) is 109 Å². The highest BCUT2D eigenvalue weighted by Gasteiger charge is 2.54. The number of halogens is 1. The van der Waals surface area contributed by atoms with Crippen molar-refractivity contribution in [3.05, 3.63) is 149 Å². The van der Waals surface area contributed by atoms with Crippen LogP contribution >= 0.6 is 0 Å². The van der Waals surface area contributed by atoms with Gasteiger partial charge in [-0.2, -0.15) is 0 Å². The van der Waals surface area contributed by atoms with Crippen molar-refractivity contribution in [2.45, 2.75) is 53.4 Å². The van der Waals surface area contributed by atoms with Crippen molar-refractivity contribution in [2.75, 3.05) is 0 Å². The summed E-state index contributed by atoms with van der Waals surface area (Å²) in [5, 5.41) is 2.29. The van der Waals surface area contributed by atoms with Gasteiger partial charge in [-0.15, -0.1) is 5.73 Å². The Morgan fingerprint density at radius 1 is 0.867 bits per heavy atom. The molecule has 0 unspecified atom stereocenters. The van der Waals surface area contributed by atoms with Gasteiger partial charge in [0.1, 0.15) is 5.82 Å². The number of ketones is 2. The molecule has 234 valence electrons. The minimum Gasteiger partial charge on any atom is -0.298 e. The first kappa shape index (κ1) is 33.1. The summed E-state index contributed by atoms with van der Waals surface area (Å²) in [6.45, 7) is 12.0. The SMILES string of the molecule is C=Cc1cc2cccc(C=Cc3ccc(CC(=O)C4(C(=O)Cc5ccc(F)cc5)CC4)cc3)c2cc1/C(C=C=CC)=C/C.CC.[HH].[HH].[HH]. The fraction of sp³-hybridized carbons (Fsp3) is 0.214. The lowest BCUT2D eigenvalue weighted by Crippen LogP contribution is -2.28. The van der Waals surface area contributed by atoms with Crippen LogP contribution in [0.5, 0.6) is 0 Å². The fourth-order valence-corrected chi connectivity index (χ4v) is 5.50. The van der Waals surface area contributed by atoms with E-state index < -0.39 is 5.41 Å². The second-order valence-electron chi connectivity index (χ2n) is 11.0. The second-order valence-corrected chi connectivity index (χ2v) is 11.0. The number of carbonyl (C=O) groups is 2. The molecule has 1 aliphatic carbocycles. The molecule has 0 aromatic heterocycles. The average molecular weight is 603 g/mol. The lowest BCUT2D eigenvalue weighted by Gasteiger charge is -2.13. The topological polar surface area (TPSA) is 34.1 Å². The molecule has 0 aliphatic heterocycles. The highest BCUT2D eigenvalue weighted by atomic mass is 19.1. The number of benzene rings is 4. The summed E-state index contributed by atoms with van der Waals surface area (Å²) in [7, 11) is 0. The predicted octanol–water partition coefficient (Wildman–Crippen LogP) is 11.4. The van der Waals surface area contributed by atoms with Crippen molar-refractivity contribution in [2.24, 2.45) is 5.41 Å². The summed E-state index contributed by atoms with van der Waals surface area (Å²) in [6, 6.07) is 24.5. The van der Waals surface area contributed by atoms with Gasteiger partial charge in [0.05, 0.1) is 5.41 Å². The van der Waals surface area contributed by atoms with Crippen molar-refractivity contribution in [1.82, 2.24) is 0 Å². The minimum absolute atomic E-state index is 0. The van der Waals surface area contributed by atoms with Crippen LogP contribution in [0.4, 0.5) is 4.39 Å². The molecule has 1 fully saturated rings. The van der Waals surface area contributed by atoms with Crippen LogP contribution in [0.25, 0.3) is 34.6 Å². The smallest absolute Gasteiger partial charge is 0.150 e. The van der Waals surface area contributed by atoms with E-state index in [1.807, 2.05) is 70.2 Å². The molecule has 0 saturated heterocycles. The minimum atomic E-state index is -0.888. The van der Waals surface area contributed by atoms with Gasteiger partial charge in [-0.3, -0.25) is 9.59 Å². The molecule has 4 aromatic carbocycles. The molecule has 0 atom stereocenters. The zero-order valence-corrected chi connectivity index (χ0v) is 26.7. The van der Waals surface area contributed by atoms with E-state index in [1.54, 1.807) is 12.1 Å². The molecule has 0 heterocycles. The van der Waals surface area contributed by atoms with Gasteiger partial charge < -0.3 is 0 Å². The van der Waals surface area contributed by atoms with E-state index in [0.717, 1.165) is 49.7 Å². The molecule has 0 N–H and O–H groups in total. The van der Waals surface area contributed by atoms with Gasteiger partial charge in [0.15, 0.2) is 11.6 Å². The molecule has 1 saturated carbocycles. The van der Waals surface area contributed by atoms with Crippen molar-refractivity contribution in [3.63, 3.8) is 0 Å². The van der Waals surface area contributed by atoms with Crippen LogP contribution in [0.1, 0.15) is 78.2 Å². The third kappa shape index (κ3) is 7.81. The molecular formula is C42H47FO2. The van der Waals surface area contributed by atoms with Gasteiger partial charge in [0, 0.05) is 17.1 Å². The van der Waals surface area contributed by atoms with E-state index >= 15 is 0 Å². The Morgan fingerprint density at radius 2 is 1.49 bits per heavy atom. The van der Waals surface area contributed by atoms with Gasteiger partial charge in [0.2, 0.25) is 0 Å². The van der Waals surface area contributed by atoms with Gasteiger partial charge in [0.25, 0.3) is 0 Å². The summed E-state index contributed by atoms with van der Waals surface area (Å²) in [6.07, 6.45) is 13.6. The molecule has 5 rings (SSSR count). The monoisotopic (exact) mass is 602 g/mol. The number of fused-ring (bicyclic) bond motifs is 1. The maximum Gasteiger partial charge on any atom is 0.150 e. The van der Waals surface area contributed by atoms with E-state index in [9.17, 15) is 14.0 Å². The summed E-state index contributed by atoms with van der Waals surface area (Å²) in [4.78, 5) is 26.2. The zero-order chi connectivity index (χ0) is 32.4. The number of hydrogen-bond donors (Lipinski definition) is 0. The van der Waals surface area contributed by atoms with Crippen molar-refractivity contribution < 1.29 is 18.3 Å². The Morgan fingerprint density at radius 3 is 2.04 bits per heavy atom. The molecule has 45 heavy (non-hydrogen) atoms. The quantitative estimate of drug-likeness (QED) is 0.0741. The molecule has 0 amide bonds. The summed E-state index contributed by atoms with van der Waals surface area (Å²) < 4.78 is 13.2. The fourth-order valence-electron chi connectivity index (χ4n) is 5.50. The van der Waals surface area contributed by atoms with E-state index in [1.165, 1.54) is 12.1 Å². The number of hydrogen-bond acceptors (Lipinski definition) is 2. The zero-order valence-electron chi connectivity index (χ0n) is 26.7. The van der Waals surface area contributed by atoms with Gasteiger partial charge in [-0.25, -0.2) is 4.39 Å². The van der Waals surface area contributed by atoms with Crippen LogP contribution in [-0.4, -0.2) is 11.6 Å². The largest absolute Gasteiger partial charge is 0.298 e. The Bertz CT molecular complexity index is 1820. The number of allylic oxidation sites excluding steroid dienone is 3. The van der Waals surface area contributed by atoms with Gasteiger partial charge >= 0.3 is 0 Å². The third-order valence-electron chi connectivity index (χ3n) is 8.23. The highest BCUT2D eigenvalue weighted by molar-refractivity contribution is 6.11. The van der Waals surface area contributed by atoms with Gasteiger partial charge in [-0.1, -0.05) is 99.3 Å². The molecule has 1 aliphatic rings. The Balaban J connectivity index is 0.00000226. The normalized spacial score (nSPS) is 13.4. The molecule has 3 heteroatoms. The van der Waals surface area contributed by atoms with Crippen molar-refractivity contribution >= 4 is 46.1 Å². The summed E-state index contributed by atoms with van der Waals surface area (Å²) in [5.41, 5.74) is 9.33. The summed E-state index contributed by atoms with van der Waals surface area (Å²) >= 11 is 0. The Hall–Kier alpha value is -4.85. The number of rotatable bonds is 11. The predicted molar refractivity (Wildman–Crippen MR) is 195 cm³/mol. The summed E-state index contributed by atoms with van der Waals surface area (Å²) in [5.74, 6) is -0.434. The van der Waals surface area contributed by atoms with Crippen molar-refractivity contribution in [1.29, 1.82) is 0 Å². The van der Waals surface area contributed by atoms with Crippen LogP contribution in [-0.2, 0) is 22.4 Å². The first-order valence-electron chi connectivity index (χ1n) is 15.7. The molecule has 0 spiro atoms. The molecule has 0 radical (unpaired) electrons. The Labute approximate surface area is 271 Å². The highest BCUT2D eigenvalue weighted by Crippen LogP contribution is 2.48. The average Bonchev–Trinajstić information content (AvgIpc) is 3.89. The van der Waals surface area contributed by atoms with E-state index in [-0.39, 0.29) is 34.5 Å². The van der Waals surface area contributed by atoms with Crippen LogP contribution in [0.2, 0.25) is 0 Å². The first-order chi connectivity index (χ1) is 21.9. The molecular weight excluding hydrogens is 555 g/mol. The number of carbonyl (C=O) groups excluding carboxylic acids is 2. The molecule has 0 bridgehead atoms. The van der Waals surface area contributed by atoms with Crippen LogP contribution in [0, 0.1) is 11.2 Å². The van der Waals surface area contributed by atoms with E-state index in [2.05, 4.69) is 60.9 Å². The van der Waals surface area contributed by atoms with Crippen LogP contribution < -0.4 is 0 Å². The number of Topliss-reactive ketones (excluding diaryl/α,β-unsaturated/α-hetero) is 2. The van der Waals surface area contributed by atoms with E-state index in [0.29, 0.717) is 12.8 Å². The van der Waals surface area contributed by atoms with Crippen LogP contribution in [0.3, 0.4) is 0 Å². The Kier molecular flexibility index (Phi) is 11.2. The lowest BCUT2D eigenvalue weighted by atomic mass is 9.87. The van der Waals surface area contributed by atoms with E-state index in [4.69, 9.17) is 0 Å². The third-order valence-corrected chi connectivity index (χ3v) is 8.23. The first-order valence-corrected chi connectivity index (χ1v) is 15.7.